The normalized spacial score (nSPS) is 22.9. The summed E-state index contributed by atoms with van der Waals surface area (Å²) >= 11 is 0. The molecule has 3 fully saturated rings. The Morgan fingerprint density at radius 2 is 2.07 bits per heavy atom. The molecule has 3 saturated heterocycles. The van der Waals surface area contributed by atoms with Crippen LogP contribution in [0.5, 0.6) is 0 Å². The van der Waals surface area contributed by atoms with Gasteiger partial charge in [0.05, 0.1) is 11.6 Å². The van der Waals surface area contributed by atoms with Gasteiger partial charge in [0.1, 0.15) is 5.65 Å². The van der Waals surface area contributed by atoms with Crippen LogP contribution in [0, 0.1) is 5.92 Å². The Kier molecular flexibility index (Phi) is 4.83. The summed E-state index contributed by atoms with van der Waals surface area (Å²) in [5, 5.41) is 0. The zero-order chi connectivity index (χ0) is 19.0. The number of hydrogen-bond acceptors (Lipinski definition) is 4. The highest BCUT2D eigenvalue weighted by atomic mass is 16.2. The maximum absolute atomic E-state index is 12.8. The molecular formula is C21H26N4O2. The third kappa shape index (κ3) is 3.67. The van der Waals surface area contributed by atoms with Crippen LogP contribution in [0.2, 0.25) is 0 Å². The Bertz CT molecular complexity index is 945. The first kappa shape index (κ1) is 17.9. The molecule has 142 valence electrons. The van der Waals surface area contributed by atoms with Crippen LogP contribution in [0.4, 0.5) is 0 Å². The molecule has 0 saturated carbocycles. The summed E-state index contributed by atoms with van der Waals surface area (Å²) in [4.78, 5) is 34.2. The molecular weight excluding hydrogens is 340 g/mol. The standard InChI is InChI=1S/C21H26N4O2/c1-15(2)8-10-24-18-7-6-16(21(24)27)12-23(14-18)13-17-11-20(26)25-9-4-3-5-19(25)22-17/h3-5,8-9,11,16,18H,6-7,10,12-14H2,1-2H3/t16-,18+/m0/s1. The van der Waals surface area contributed by atoms with Gasteiger partial charge >= 0.3 is 0 Å². The Balaban J connectivity index is 1.55. The van der Waals surface area contributed by atoms with E-state index < -0.39 is 0 Å². The highest BCUT2D eigenvalue weighted by Crippen LogP contribution is 2.29. The quantitative estimate of drug-likeness (QED) is 0.778. The van der Waals surface area contributed by atoms with Crippen molar-refractivity contribution in [1.29, 1.82) is 0 Å². The fraction of sp³-hybridized carbons (Fsp3) is 0.476. The van der Waals surface area contributed by atoms with Crippen molar-refractivity contribution in [3.8, 4) is 0 Å². The molecule has 0 N–H and O–H groups in total. The van der Waals surface area contributed by atoms with Gasteiger partial charge in [0.25, 0.3) is 5.56 Å². The topological polar surface area (TPSA) is 57.9 Å². The molecule has 0 aromatic carbocycles. The molecule has 0 spiro atoms. The molecule has 1 amide bonds. The average Bonchev–Trinajstić information content (AvgIpc) is 2.90. The fourth-order valence-corrected chi connectivity index (χ4v) is 4.19. The van der Waals surface area contributed by atoms with Crippen LogP contribution in [0.1, 0.15) is 32.4 Å². The minimum atomic E-state index is -0.0605. The number of amides is 1. The van der Waals surface area contributed by atoms with Crippen molar-refractivity contribution in [3.05, 3.63) is 58.2 Å². The van der Waals surface area contributed by atoms with E-state index in [1.165, 1.54) is 5.57 Å². The smallest absolute Gasteiger partial charge is 0.258 e. The summed E-state index contributed by atoms with van der Waals surface area (Å²) in [5.41, 5.74) is 2.62. The number of carbonyl (C=O) groups is 1. The van der Waals surface area contributed by atoms with Gasteiger partial charge in [-0.1, -0.05) is 17.7 Å². The molecule has 5 rings (SSSR count). The van der Waals surface area contributed by atoms with E-state index in [0.717, 1.165) is 31.6 Å². The second-order valence-corrected chi connectivity index (χ2v) is 7.91. The molecule has 3 aliphatic rings. The molecule has 5 heterocycles. The number of fused-ring (bicyclic) bond motifs is 5. The molecule has 0 unspecified atom stereocenters. The first-order valence-corrected chi connectivity index (χ1v) is 9.65. The molecule has 0 aliphatic carbocycles. The Labute approximate surface area is 159 Å². The van der Waals surface area contributed by atoms with E-state index in [0.29, 0.717) is 18.7 Å². The summed E-state index contributed by atoms with van der Waals surface area (Å²) < 4.78 is 1.56. The Hall–Kier alpha value is -2.47. The number of aromatic nitrogens is 2. The van der Waals surface area contributed by atoms with Gasteiger partial charge in [-0.25, -0.2) is 4.98 Å². The summed E-state index contributed by atoms with van der Waals surface area (Å²) in [6.45, 7) is 7.03. The van der Waals surface area contributed by atoms with E-state index in [4.69, 9.17) is 0 Å². The number of carbonyl (C=O) groups excluding carboxylic acids is 1. The predicted octanol–water partition coefficient (Wildman–Crippen LogP) is 2.08. The van der Waals surface area contributed by atoms with E-state index in [1.807, 2.05) is 23.1 Å². The van der Waals surface area contributed by atoms with E-state index in [-0.39, 0.29) is 23.4 Å². The van der Waals surface area contributed by atoms with Crippen molar-refractivity contribution in [1.82, 2.24) is 19.2 Å². The van der Waals surface area contributed by atoms with Crippen molar-refractivity contribution < 1.29 is 4.79 Å². The number of rotatable bonds is 4. The SMILES string of the molecule is CC(C)=CCN1C(=O)[C@H]2CC[C@@H]1CN(Cc1cc(=O)n3ccccc3n1)C2. The second-order valence-electron chi connectivity index (χ2n) is 7.91. The largest absolute Gasteiger partial charge is 0.334 e. The van der Waals surface area contributed by atoms with Gasteiger partial charge < -0.3 is 4.90 Å². The molecule has 2 bridgehead atoms. The Morgan fingerprint density at radius 1 is 1.22 bits per heavy atom. The summed E-state index contributed by atoms with van der Waals surface area (Å²) in [5.74, 6) is 0.327. The number of hydrogen-bond donors (Lipinski definition) is 0. The predicted molar refractivity (Wildman–Crippen MR) is 104 cm³/mol. The van der Waals surface area contributed by atoms with Crippen molar-refractivity contribution in [2.75, 3.05) is 19.6 Å². The lowest BCUT2D eigenvalue weighted by Crippen LogP contribution is -2.47. The van der Waals surface area contributed by atoms with Crippen molar-refractivity contribution in [2.24, 2.45) is 5.92 Å². The lowest BCUT2D eigenvalue weighted by atomic mass is 9.94. The van der Waals surface area contributed by atoms with Crippen LogP contribution in [-0.2, 0) is 11.3 Å². The first-order chi connectivity index (χ1) is 13.0. The molecule has 27 heavy (non-hydrogen) atoms. The summed E-state index contributed by atoms with van der Waals surface area (Å²) in [6.07, 6.45) is 5.88. The molecule has 2 aromatic rings. The molecule has 6 heteroatoms. The van der Waals surface area contributed by atoms with E-state index >= 15 is 0 Å². The van der Waals surface area contributed by atoms with Crippen molar-refractivity contribution >= 4 is 11.6 Å². The van der Waals surface area contributed by atoms with Gasteiger partial charge in [0.15, 0.2) is 0 Å². The summed E-state index contributed by atoms with van der Waals surface area (Å²) in [6, 6.07) is 7.42. The molecule has 3 aliphatic heterocycles. The highest BCUT2D eigenvalue weighted by Gasteiger charge is 2.40. The maximum atomic E-state index is 12.8. The van der Waals surface area contributed by atoms with Gasteiger partial charge in [-0.3, -0.25) is 18.9 Å². The number of nitrogens with zero attached hydrogens (tertiary/aromatic N) is 4. The van der Waals surface area contributed by atoms with E-state index in [1.54, 1.807) is 16.7 Å². The lowest BCUT2D eigenvalue weighted by molar-refractivity contribution is -0.139. The van der Waals surface area contributed by atoms with Gasteiger partial charge in [0, 0.05) is 44.5 Å². The van der Waals surface area contributed by atoms with Crippen molar-refractivity contribution in [2.45, 2.75) is 39.3 Å². The van der Waals surface area contributed by atoms with Crippen LogP contribution < -0.4 is 5.56 Å². The third-order valence-corrected chi connectivity index (χ3v) is 5.57. The minimum absolute atomic E-state index is 0.0517. The number of allylic oxidation sites excluding steroid dienone is 1. The monoisotopic (exact) mass is 366 g/mol. The van der Waals surface area contributed by atoms with E-state index in [9.17, 15) is 9.59 Å². The second kappa shape index (κ2) is 7.27. The highest BCUT2D eigenvalue weighted by molar-refractivity contribution is 5.80. The molecule has 2 atom stereocenters. The zero-order valence-corrected chi connectivity index (χ0v) is 16.0. The van der Waals surface area contributed by atoms with Crippen LogP contribution >= 0.6 is 0 Å². The molecule has 2 aromatic heterocycles. The average molecular weight is 366 g/mol. The maximum Gasteiger partial charge on any atom is 0.258 e. The Morgan fingerprint density at radius 3 is 2.89 bits per heavy atom. The van der Waals surface area contributed by atoms with Crippen LogP contribution in [0.3, 0.4) is 0 Å². The van der Waals surface area contributed by atoms with Crippen LogP contribution in [-0.4, -0.2) is 50.8 Å². The van der Waals surface area contributed by atoms with Crippen LogP contribution in [0.25, 0.3) is 5.65 Å². The molecule has 0 radical (unpaired) electrons. The van der Waals surface area contributed by atoms with E-state index in [2.05, 4.69) is 29.8 Å². The third-order valence-electron chi connectivity index (χ3n) is 5.57. The number of piperidine rings is 1. The lowest BCUT2D eigenvalue weighted by Gasteiger charge is -2.35. The fourth-order valence-electron chi connectivity index (χ4n) is 4.19. The van der Waals surface area contributed by atoms with Gasteiger partial charge in [0.2, 0.25) is 5.91 Å². The van der Waals surface area contributed by atoms with Gasteiger partial charge in [-0.05, 0) is 38.8 Å². The zero-order valence-electron chi connectivity index (χ0n) is 16.0. The minimum Gasteiger partial charge on any atom is -0.334 e. The van der Waals surface area contributed by atoms with Gasteiger partial charge in [-0.2, -0.15) is 0 Å². The summed E-state index contributed by atoms with van der Waals surface area (Å²) in [7, 11) is 0. The van der Waals surface area contributed by atoms with Crippen LogP contribution in [0.15, 0.2) is 46.9 Å². The van der Waals surface area contributed by atoms with Gasteiger partial charge in [-0.15, -0.1) is 0 Å². The van der Waals surface area contributed by atoms with Crippen molar-refractivity contribution in [3.63, 3.8) is 0 Å². The molecule has 6 nitrogen and oxygen atoms in total. The first-order valence-electron chi connectivity index (χ1n) is 9.65. The number of pyridine rings is 1.